The number of anilines is 1. The lowest BCUT2D eigenvalue weighted by Gasteiger charge is -2.39. The van der Waals surface area contributed by atoms with E-state index in [1.807, 2.05) is 6.92 Å². The molecule has 0 fully saturated rings. The van der Waals surface area contributed by atoms with Gasteiger partial charge >= 0.3 is 0 Å². The van der Waals surface area contributed by atoms with E-state index >= 15 is 0 Å². The molecule has 0 saturated carbocycles. The van der Waals surface area contributed by atoms with Gasteiger partial charge in [0.15, 0.2) is 5.78 Å². The molecule has 1 aromatic heterocycles. The average molecular weight is 499 g/mol. The van der Waals surface area contributed by atoms with Gasteiger partial charge in [-0.25, -0.2) is 4.39 Å². The van der Waals surface area contributed by atoms with Gasteiger partial charge < -0.3 is 10.6 Å². The van der Waals surface area contributed by atoms with Gasteiger partial charge in [-0.2, -0.15) is 0 Å². The first-order valence-corrected chi connectivity index (χ1v) is 13.5. The zero-order valence-electron chi connectivity index (χ0n) is 20.3. The van der Waals surface area contributed by atoms with E-state index in [2.05, 4.69) is 44.4 Å². The summed E-state index contributed by atoms with van der Waals surface area (Å²) in [4.78, 5) is 28.4. The lowest BCUT2D eigenvalue weighted by Crippen LogP contribution is -2.39. The van der Waals surface area contributed by atoms with Crippen molar-refractivity contribution in [3.8, 4) is 0 Å². The highest BCUT2D eigenvalue weighted by molar-refractivity contribution is 8.01. The number of nitrogens with one attached hydrogen (secondary N) is 2. The third kappa shape index (κ3) is 4.86. The number of carbonyl (C=O) groups is 2. The summed E-state index contributed by atoms with van der Waals surface area (Å²) < 4.78 is 14.9. The number of carbonyl (C=O) groups excluding carboxylic acids is 2. The van der Waals surface area contributed by atoms with Crippen LogP contribution in [0.5, 0.6) is 0 Å². The Morgan fingerprint density at radius 2 is 2.03 bits per heavy atom. The Hall–Kier alpha value is -2.38. The van der Waals surface area contributed by atoms with Gasteiger partial charge in [-0.15, -0.1) is 23.1 Å². The highest BCUT2D eigenvalue weighted by Crippen LogP contribution is 2.50. The number of benzene rings is 1. The number of ketones is 1. The Labute approximate surface area is 209 Å². The van der Waals surface area contributed by atoms with Crippen molar-refractivity contribution in [2.45, 2.75) is 64.0 Å². The summed E-state index contributed by atoms with van der Waals surface area (Å²) in [6, 6.07) is 8.05. The van der Waals surface area contributed by atoms with Gasteiger partial charge in [-0.3, -0.25) is 9.59 Å². The van der Waals surface area contributed by atoms with Crippen LogP contribution in [0.25, 0.3) is 0 Å². The number of amides is 1. The number of allylic oxidation sites excluding steroid dienone is 3. The van der Waals surface area contributed by atoms with Crippen LogP contribution in [0.3, 0.4) is 0 Å². The van der Waals surface area contributed by atoms with E-state index in [4.69, 9.17) is 0 Å². The zero-order valence-corrected chi connectivity index (χ0v) is 21.9. The van der Waals surface area contributed by atoms with Crippen LogP contribution in [0.4, 0.5) is 10.1 Å². The van der Waals surface area contributed by atoms with Crippen molar-refractivity contribution in [3.63, 3.8) is 0 Å². The molecule has 34 heavy (non-hydrogen) atoms. The molecule has 2 heterocycles. The molecule has 4 nitrogen and oxygen atoms in total. The van der Waals surface area contributed by atoms with Gasteiger partial charge in [-0.1, -0.05) is 33.8 Å². The van der Waals surface area contributed by atoms with Crippen LogP contribution in [-0.4, -0.2) is 17.4 Å². The van der Waals surface area contributed by atoms with Gasteiger partial charge in [0.05, 0.1) is 4.21 Å². The molecule has 180 valence electrons. The van der Waals surface area contributed by atoms with Crippen molar-refractivity contribution in [3.05, 3.63) is 69.1 Å². The van der Waals surface area contributed by atoms with Crippen LogP contribution in [0.1, 0.15) is 63.8 Å². The lowest BCUT2D eigenvalue weighted by molar-refractivity contribution is -0.118. The second-order valence-electron chi connectivity index (χ2n) is 9.64. The number of dihydropyridines is 1. The maximum absolute atomic E-state index is 13.8. The summed E-state index contributed by atoms with van der Waals surface area (Å²) in [7, 11) is 0. The Morgan fingerprint density at radius 1 is 1.26 bits per heavy atom. The molecule has 0 radical (unpaired) electrons. The second kappa shape index (κ2) is 9.70. The maximum atomic E-state index is 13.8. The number of Topliss-reactive ketones (excluding diaryl/α,β-unsaturated/α-hetero) is 1. The Morgan fingerprint density at radius 3 is 2.71 bits per heavy atom. The minimum Gasteiger partial charge on any atom is -0.362 e. The molecule has 1 aliphatic carbocycles. The number of thioether (sulfide) groups is 1. The molecule has 2 aliphatic rings. The maximum Gasteiger partial charge on any atom is 0.254 e. The Kier molecular flexibility index (Phi) is 7.06. The normalized spacial score (nSPS) is 19.7. The topological polar surface area (TPSA) is 58.2 Å². The third-order valence-corrected chi connectivity index (χ3v) is 8.76. The van der Waals surface area contributed by atoms with Crippen molar-refractivity contribution >= 4 is 40.5 Å². The fourth-order valence-corrected chi connectivity index (χ4v) is 7.25. The first kappa shape index (κ1) is 24.7. The van der Waals surface area contributed by atoms with Crippen molar-refractivity contribution in [2.75, 3.05) is 11.1 Å². The average Bonchev–Trinajstić information content (AvgIpc) is 3.14. The molecule has 2 N–H and O–H groups in total. The fourth-order valence-electron chi connectivity index (χ4n) is 4.87. The van der Waals surface area contributed by atoms with Gasteiger partial charge in [0, 0.05) is 45.4 Å². The number of rotatable bonds is 6. The monoisotopic (exact) mass is 498 g/mol. The van der Waals surface area contributed by atoms with Crippen molar-refractivity contribution in [2.24, 2.45) is 5.41 Å². The molecule has 1 unspecified atom stereocenters. The lowest BCUT2D eigenvalue weighted by atomic mass is 9.69. The van der Waals surface area contributed by atoms with E-state index in [1.54, 1.807) is 35.2 Å². The molecule has 1 amide bonds. The van der Waals surface area contributed by atoms with E-state index in [0.29, 0.717) is 23.3 Å². The highest BCUT2D eigenvalue weighted by atomic mass is 32.2. The molecular formula is C27H31FN2O2S2. The Bertz CT molecular complexity index is 1210. The molecule has 0 bridgehead atoms. The second-order valence-corrected chi connectivity index (χ2v) is 12.3. The molecule has 1 aliphatic heterocycles. The fraction of sp³-hybridized carbons (Fsp3) is 0.407. The minimum absolute atomic E-state index is 0.0870. The number of hydrogen-bond donors (Lipinski definition) is 2. The van der Waals surface area contributed by atoms with Gasteiger partial charge in [0.1, 0.15) is 5.82 Å². The van der Waals surface area contributed by atoms with Crippen molar-refractivity contribution in [1.29, 1.82) is 0 Å². The van der Waals surface area contributed by atoms with Crippen LogP contribution in [-0.2, 0) is 16.0 Å². The highest BCUT2D eigenvalue weighted by Gasteiger charge is 2.43. The first-order chi connectivity index (χ1) is 16.1. The summed E-state index contributed by atoms with van der Waals surface area (Å²) >= 11 is 3.50. The van der Waals surface area contributed by atoms with E-state index in [-0.39, 0.29) is 17.1 Å². The van der Waals surface area contributed by atoms with Gasteiger partial charge in [0.25, 0.3) is 5.91 Å². The predicted molar refractivity (Wildman–Crippen MR) is 139 cm³/mol. The molecular weight excluding hydrogens is 467 g/mol. The molecule has 0 saturated heterocycles. The van der Waals surface area contributed by atoms with Gasteiger partial charge in [-0.05, 0) is 60.8 Å². The zero-order chi connectivity index (χ0) is 24.6. The van der Waals surface area contributed by atoms with Crippen LogP contribution >= 0.6 is 23.1 Å². The summed E-state index contributed by atoms with van der Waals surface area (Å²) in [5, 5.41) is 6.27. The summed E-state index contributed by atoms with van der Waals surface area (Å²) in [6.45, 7) is 10.3. The van der Waals surface area contributed by atoms with E-state index in [0.717, 1.165) is 39.8 Å². The summed E-state index contributed by atoms with van der Waals surface area (Å²) in [6.07, 6.45) is 2.10. The molecule has 7 heteroatoms. The van der Waals surface area contributed by atoms with Crippen LogP contribution in [0.15, 0.2) is 57.1 Å². The predicted octanol–water partition coefficient (Wildman–Crippen LogP) is 6.80. The van der Waals surface area contributed by atoms with E-state index in [9.17, 15) is 14.0 Å². The summed E-state index contributed by atoms with van der Waals surface area (Å²) in [5.41, 5.74) is 4.16. The number of halogens is 1. The molecule has 0 spiro atoms. The standard InChI is InChI=1S/C27H31FN2O2S2/c1-6-18-12-19(26(34-18)33-7-2)23-22(25(32)30-17-10-8-9-16(28)11-17)15(3)29-20-13-27(4,5)14-21(31)24(20)23/h8-12,23,29H,6-7,13-14H2,1-5H3,(H,30,32). The molecule has 1 atom stereocenters. The molecule has 2 aromatic rings. The first-order valence-electron chi connectivity index (χ1n) is 11.7. The van der Waals surface area contributed by atoms with Crippen LogP contribution < -0.4 is 10.6 Å². The van der Waals surface area contributed by atoms with Crippen molar-refractivity contribution in [1.82, 2.24) is 5.32 Å². The number of thiophene rings is 1. The molecule has 4 rings (SSSR count). The van der Waals surface area contributed by atoms with Crippen LogP contribution in [0.2, 0.25) is 0 Å². The third-order valence-electron chi connectivity index (χ3n) is 6.28. The van der Waals surface area contributed by atoms with Crippen LogP contribution in [0, 0.1) is 11.2 Å². The van der Waals surface area contributed by atoms with E-state index in [1.165, 1.54) is 17.0 Å². The minimum atomic E-state index is -0.445. The number of aryl methyl sites for hydroxylation is 1. The Balaban J connectivity index is 1.86. The SMILES string of the molecule is CCSc1sc(CC)cc1C1C(C(=O)Nc2cccc(F)c2)=C(C)NC2=C1C(=O)CC(C)(C)C2. The quantitative estimate of drug-likeness (QED) is 0.430. The van der Waals surface area contributed by atoms with Crippen molar-refractivity contribution < 1.29 is 14.0 Å². The van der Waals surface area contributed by atoms with E-state index < -0.39 is 11.7 Å². The number of hydrogen-bond acceptors (Lipinski definition) is 5. The largest absolute Gasteiger partial charge is 0.362 e. The van der Waals surface area contributed by atoms with Gasteiger partial charge in [0.2, 0.25) is 0 Å². The summed E-state index contributed by atoms with van der Waals surface area (Å²) in [5.74, 6) is -0.185. The smallest absolute Gasteiger partial charge is 0.254 e. The molecule has 1 aromatic carbocycles.